The summed E-state index contributed by atoms with van der Waals surface area (Å²) in [7, 11) is -3.66. The molecule has 0 bridgehead atoms. The fraction of sp³-hybridized carbons (Fsp3) is 0.167. The Morgan fingerprint density at radius 1 is 1.14 bits per heavy atom. The van der Waals surface area contributed by atoms with E-state index >= 15 is 0 Å². The number of anilines is 1. The van der Waals surface area contributed by atoms with Crippen molar-refractivity contribution in [2.75, 3.05) is 17.1 Å². The van der Waals surface area contributed by atoms with Crippen LogP contribution >= 0.6 is 11.6 Å². The van der Waals surface area contributed by atoms with Crippen LogP contribution in [0.15, 0.2) is 59.1 Å². The Morgan fingerprint density at radius 2 is 1.82 bits per heavy atom. The van der Waals surface area contributed by atoms with Crippen LogP contribution in [0, 0.1) is 0 Å². The van der Waals surface area contributed by atoms with Gasteiger partial charge < -0.3 is 9.84 Å². The predicted molar refractivity (Wildman–Crippen MR) is 105 cm³/mol. The number of sulfonamides is 1. The maximum atomic E-state index is 12.3. The standard InChI is InChI=1S/C18H17ClN4O4S/c1-28(25,26)23(15-9-7-14(19)8-10-15)12-16(24)20-11-17-21-18(22-27-17)13-5-3-2-4-6-13/h2-10H,11-12H2,1H3,(H,20,24). The van der Waals surface area contributed by atoms with Crippen LogP contribution in [0.5, 0.6) is 0 Å². The zero-order valence-electron chi connectivity index (χ0n) is 14.9. The average molecular weight is 421 g/mol. The van der Waals surface area contributed by atoms with Crippen LogP contribution in [-0.2, 0) is 21.4 Å². The molecule has 1 N–H and O–H groups in total. The fourth-order valence-corrected chi connectivity index (χ4v) is 3.38. The summed E-state index contributed by atoms with van der Waals surface area (Å²) in [5.74, 6) is 0.105. The maximum Gasteiger partial charge on any atom is 0.246 e. The van der Waals surface area contributed by atoms with Crippen molar-refractivity contribution in [3.05, 3.63) is 65.5 Å². The van der Waals surface area contributed by atoms with Crippen LogP contribution in [0.1, 0.15) is 5.89 Å². The van der Waals surface area contributed by atoms with E-state index in [1.807, 2.05) is 30.3 Å². The number of nitrogens with one attached hydrogen (secondary N) is 1. The van der Waals surface area contributed by atoms with Crippen LogP contribution in [0.3, 0.4) is 0 Å². The second-order valence-electron chi connectivity index (χ2n) is 5.90. The zero-order chi connectivity index (χ0) is 20.1. The average Bonchev–Trinajstić information content (AvgIpc) is 3.14. The minimum atomic E-state index is -3.66. The van der Waals surface area contributed by atoms with Crippen molar-refractivity contribution >= 4 is 33.2 Å². The lowest BCUT2D eigenvalue weighted by Crippen LogP contribution is -2.40. The van der Waals surface area contributed by atoms with E-state index < -0.39 is 15.9 Å². The molecule has 146 valence electrons. The van der Waals surface area contributed by atoms with Crippen molar-refractivity contribution in [3.63, 3.8) is 0 Å². The largest absolute Gasteiger partial charge is 0.345 e. The summed E-state index contributed by atoms with van der Waals surface area (Å²) < 4.78 is 30.2. The van der Waals surface area contributed by atoms with Gasteiger partial charge in [-0.05, 0) is 24.3 Å². The monoisotopic (exact) mass is 420 g/mol. The Kier molecular flexibility index (Phi) is 5.96. The van der Waals surface area contributed by atoms with E-state index in [2.05, 4.69) is 15.5 Å². The van der Waals surface area contributed by atoms with E-state index in [9.17, 15) is 13.2 Å². The quantitative estimate of drug-likeness (QED) is 0.629. The zero-order valence-corrected chi connectivity index (χ0v) is 16.4. The van der Waals surface area contributed by atoms with Gasteiger partial charge in [-0.2, -0.15) is 4.98 Å². The SMILES string of the molecule is CS(=O)(=O)N(CC(=O)NCc1nc(-c2ccccc2)no1)c1ccc(Cl)cc1. The molecule has 0 aliphatic rings. The summed E-state index contributed by atoms with van der Waals surface area (Å²) in [4.78, 5) is 16.5. The van der Waals surface area contributed by atoms with E-state index in [0.29, 0.717) is 16.5 Å². The first-order valence-electron chi connectivity index (χ1n) is 8.21. The molecule has 3 aromatic rings. The number of amides is 1. The summed E-state index contributed by atoms with van der Waals surface area (Å²) in [6, 6.07) is 15.4. The Hall–Kier alpha value is -2.91. The molecule has 0 radical (unpaired) electrons. The van der Waals surface area contributed by atoms with Gasteiger partial charge in [-0.1, -0.05) is 47.1 Å². The lowest BCUT2D eigenvalue weighted by Gasteiger charge is -2.21. The third-order valence-electron chi connectivity index (χ3n) is 3.74. The first-order valence-corrected chi connectivity index (χ1v) is 10.4. The number of carbonyl (C=O) groups excluding carboxylic acids is 1. The van der Waals surface area contributed by atoms with Gasteiger partial charge in [0, 0.05) is 10.6 Å². The van der Waals surface area contributed by atoms with E-state index in [1.165, 1.54) is 12.1 Å². The van der Waals surface area contributed by atoms with Gasteiger partial charge in [0.25, 0.3) is 0 Å². The number of nitrogens with zero attached hydrogens (tertiary/aromatic N) is 3. The number of hydrogen-bond acceptors (Lipinski definition) is 6. The second-order valence-corrected chi connectivity index (χ2v) is 8.24. The summed E-state index contributed by atoms with van der Waals surface area (Å²) in [5.41, 5.74) is 1.13. The summed E-state index contributed by atoms with van der Waals surface area (Å²) in [5, 5.41) is 6.91. The highest BCUT2D eigenvalue weighted by atomic mass is 35.5. The molecule has 2 aromatic carbocycles. The minimum Gasteiger partial charge on any atom is -0.345 e. The van der Waals surface area contributed by atoms with Crippen molar-refractivity contribution in [2.45, 2.75) is 6.54 Å². The third-order valence-corrected chi connectivity index (χ3v) is 5.13. The number of hydrogen-bond donors (Lipinski definition) is 1. The predicted octanol–water partition coefficient (Wildman–Crippen LogP) is 2.47. The molecule has 10 heteroatoms. The van der Waals surface area contributed by atoms with Gasteiger partial charge in [0.05, 0.1) is 18.5 Å². The third kappa shape index (κ3) is 5.08. The molecule has 0 unspecified atom stereocenters. The van der Waals surface area contributed by atoms with Crippen LogP contribution in [-0.4, -0.2) is 37.3 Å². The Morgan fingerprint density at radius 3 is 2.46 bits per heavy atom. The molecule has 0 fully saturated rings. The van der Waals surface area contributed by atoms with Gasteiger partial charge in [0.2, 0.25) is 27.6 Å². The first kappa shape index (κ1) is 19.8. The minimum absolute atomic E-state index is 0.0170. The topological polar surface area (TPSA) is 105 Å². The van der Waals surface area contributed by atoms with Gasteiger partial charge in [-0.15, -0.1) is 0 Å². The van der Waals surface area contributed by atoms with Gasteiger partial charge in [0.1, 0.15) is 6.54 Å². The number of benzene rings is 2. The van der Waals surface area contributed by atoms with E-state index in [-0.39, 0.29) is 19.0 Å². The second kappa shape index (κ2) is 8.41. The van der Waals surface area contributed by atoms with Crippen molar-refractivity contribution < 1.29 is 17.7 Å². The normalized spacial score (nSPS) is 11.2. The molecular formula is C18H17ClN4O4S. The van der Waals surface area contributed by atoms with E-state index in [0.717, 1.165) is 16.1 Å². The molecule has 0 atom stereocenters. The molecule has 1 amide bonds. The molecule has 0 saturated carbocycles. The lowest BCUT2D eigenvalue weighted by atomic mass is 10.2. The van der Waals surface area contributed by atoms with Crippen LogP contribution in [0.2, 0.25) is 5.02 Å². The highest BCUT2D eigenvalue weighted by molar-refractivity contribution is 7.92. The summed E-state index contributed by atoms with van der Waals surface area (Å²) in [6.45, 7) is -0.406. The maximum absolute atomic E-state index is 12.3. The molecule has 28 heavy (non-hydrogen) atoms. The van der Waals surface area contributed by atoms with Crippen LogP contribution < -0.4 is 9.62 Å². The molecule has 1 aromatic heterocycles. The van der Waals surface area contributed by atoms with Gasteiger partial charge >= 0.3 is 0 Å². The Bertz CT molecular complexity index is 1050. The van der Waals surface area contributed by atoms with Crippen molar-refractivity contribution in [3.8, 4) is 11.4 Å². The summed E-state index contributed by atoms with van der Waals surface area (Å²) in [6.07, 6.45) is 1.03. The number of carbonyl (C=O) groups is 1. The molecule has 0 aliphatic heterocycles. The van der Waals surface area contributed by atoms with Crippen molar-refractivity contribution in [1.29, 1.82) is 0 Å². The van der Waals surface area contributed by atoms with Crippen molar-refractivity contribution in [1.82, 2.24) is 15.5 Å². The molecule has 0 spiro atoms. The number of rotatable bonds is 7. The number of aromatic nitrogens is 2. The highest BCUT2D eigenvalue weighted by Crippen LogP contribution is 2.20. The van der Waals surface area contributed by atoms with Gasteiger partial charge in [-0.25, -0.2) is 8.42 Å². The van der Waals surface area contributed by atoms with Gasteiger partial charge in [0.15, 0.2) is 0 Å². The molecule has 3 rings (SSSR count). The van der Waals surface area contributed by atoms with Crippen molar-refractivity contribution in [2.24, 2.45) is 0 Å². The Labute approximate surface area is 167 Å². The first-order chi connectivity index (χ1) is 13.3. The smallest absolute Gasteiger partial charge is 0.246 e. The summed E-state index contributed by atoms with van der Waals surface area (Å²) >= 11 is 5.83. The van der Waals surface area contributed by atoms with Crippen LogP contribution in [0.4, 0.5) is 5.69 Å². The Balaban J connectivity index is 1.64. The molecule has 1 heterocycles. The number of halogens is 1. The lowest BCUT2D eigenvalue weighted by molar-refractivity contribution is -0.119. The van der Waals surface area contributed by atoms with Crippen LogP contribution in [0.25, 0.3) is 11.4 Å². The molecular weight excluding hydrogens is 404 g/mol. The molecule has 8 nitrogen and oxygen atoms in total. The fourth-order valence-electron chi connectivity index (χ4n) is 2.40. The van der Waals surface area contributed by atoms with Gasteiger partial charge in [-0.3, -0.25) is 9.10 Å². The highest BCUT2D eigenvalue weighted by Gasteiger charge is 2.21. The van der Waals surface area contributed by atoms with E-state index in [4.69, 9.17) is 16.1 Å². The molecule has 0 saturated heterocycles. The molecule has 0 aliphatic carbocycles. The van der Waals surface area contributed by atoms with E-state index in [1.54, 1.807) is 12.1 Å².